The Morgan fingerprint density at radius 1 is 1.24 bits per heavy atom. The van der Waals surface area contributed by atoms with Gasteiger partial charge in [-0.2, -0.15) is 0 Å². The minimum atomic E-state index is -0.0240. The molecule has 0 radical (unpaired) electrons. The van der Waals surface area contributed by atoms with Crippen LogP contribution >= 0.6 is 0 Å². The van der Waals surface area contributed by atoms with Crippen LogP contribution in [0.25, 0.3) is 0 Å². The van der Waals surface area contributed by atoms with Crippen LogP contribution in [0, 0.1) is 0 Å². The predicted molar refractivity (Wildman–Crippen MR) is 73.9 cm³/mol. The van der Waals surface area contributed by atoms with Crippen molar-refractivity contribution < 1.29 is 0 Å². The monoisotopic (exact) mass is 295 g/mol. The Morgan fingerprint density at radius 3 is 2.47 bits per heavy atom. The van der Waals surface area contributed by atoms with E-state index < -0.39 is 0 Å². The average Bonchev–Trinajstić information content (AvgIpc) is 2.29. The van der Waals surface area contributed by atoms with Crippen molar-refractivity contribution in [1.29, 1.82) is 0 Å². The molecule has 0 aliphatic carbocycles. The normalized spacial score (nSPS) is 18.8. The van der Waals surface area contributed by atoms with Gasteiger partial charge in [-0.05, 0) is 0 Å². The van der Waals surface area contributed by atoms with Crippen molar-refractivity contribution >= 4 is 25.4 Å². The fourth-order valence-corrected chi connectivity index (χ4v) is 3.46. The number of nitrogens with one attached hydrogen (secondary N) is 1. The molecule has 1 heterocycles. The first-order valence-corrected chi connectivity index (χ1v) is 7.72. The quantitative estimate of drug-likeness (QED) is 0.793. The van der Waals surface area contributed by atoms with Crippen molar-refractivity contribution in [2.24, 2.45) is 10.1 Å². The fraction of sp³-hybridized carbons (Fsp3) is 0.385. The van der Waals surface area contributed by atoms with E-state index in [1.807, 2.05) is 18.2 Å². The molecule has 0 aromatic heterocycles. The van der Waals surface area contributed by atoms with Crippen LogP contribution in [0.3, 0.4) is 0 Å². The molecule has 1 N–H and O–H groups in total. The molecule has 90 valence electrons. The first-order valence-electron chi connectivity index (χ1n) is 5.65. The predicted octanol–water partition coefficient (Wildman–Crippen LogP) is 2.27. The van der Waals surface area contributed by atoms with Crippen LogP contribution in [0.4, 0.5) is 0 Å². The van der Waals surface area contributed by atoms with E-state index in [9.17, 15) is 0 Å². The van der Waals surface area contributed by atoms with E-state index in [4.69, 9.17) is 0 Å². The Balaban J connectivity index is 2.11. The Morgan fingerprint density at radius 2 is 1.94 bits per heavy atom. The summed E-state index contributed by atoms with van der Waals surface area (Å²) < 4.78 is 1.05. The number of hydrogen-bond acceptors (Lipinski definition) is 2. The summed E-state index contributed by atoms with van der Waals surface area (Å²) in [6.07, 6.45) is 0. The summed E-state index contributed by atoms with van der Waals surface area (Å²) >= 11 is 0.361. The molecule has 1 aromatic rings. The number of hydrogen-bond donors (Lipinski definition) is 1. The number of rotatable bonds is 1. The van der Waals surface area contributed by atoms with Gasteiger partial charge in [-0.3, -0.25) is 0 Å². The Labute approximate surface area is 109 Å². The van der Waals surface area contributed by atoms with Crippen LogP contribution in [0.5, 0.6) is 0 Å². The van der Waals surface area contributed by atoms with Gasteiger partial charge in [-0.1, -0.05) is 0 Å². The van der Waals surface area contributed by atoms with Crippen molar-refractivity contribution in [3.63, 3.8) is 0 Å². The summed E-state index contributed by atoms with van der Waals surface area (Å²) in [5.74, 6) is 0. The molecule has 0 amide bonds. The van der Waals surface area contributed by atoms with Crippen molar-refractivity contribution in [3.8, 4) is 0 Å². The molecule has 0 unspecified atom stereocenters. The van der Waals surface area contributed by atoms with Crippen molar-refractivity contribution in [2.45, 2.75) is 31.6 Å². The van der Waals surface area contributed by atoms with Crippen molar-refractivity contribution in [2.75, 3.05) is 0 Å². The maximum absolute atomic E-state index is 4.62. The summed E-state index contributed by atoms with van der Waals surface area (Å²) in [6.45, 7) is 6.32. The third-order valence-electron chi connectivity index (χ3n) is 2.18. The summed E-state index contributed by atoms with van der Waals surface area (Å²) in [7, 11) is 0. The van der Waals surface area contributed by atoms with Crippen molar-refractivity contribution in [1.82, 2.24) is 5.43 Å². The number of amidine groups is 1. The molecule has 4 heteroatoms. The van der Waals surface area contributed by atoms with Gasteiger partial charge in [0.05, 0.1) is 0 Å². The average molecular weight is 294 g/mol. The second-order valence-corrected chi connectivity index (χ2v) is 6.94. The summed E-state index contributed by atoms with van der Waals surface area (Å²) in [5, 5.41) is 5.43. The molecule has 1 aliphatic heterocycles. The SMILES string of the molecule is CC(C)(C)N=C1NN=C(c2ccccc2)C[Se]1. The van der Waals surface area contributed by atoms with Gasteiger partial charge >= 0.3 is 108 Å². The Hall–Kier alpha value is -1.12. The topological polar surface area (TPSA) is 36.8 Å². The van der Waals surface area contributed by atoms with E-state index in [1.165, 1.54) is 5.56 Å². The van der Waals surface area contributed by atoms with Crippen LogP contribution in [-0.4, -0.2) is 30.9 Å². The second kappa shape index (κ2) is 5.03. The van der Waals surface area contributed by atoms with E-state index in [0.29, 0.717) is 15.0 Å². The van der Waals surface area contributed by atoms with Gasteiger partial charge < -0.3 is 0 Å². The molecule has 0 bridgehead atoms. The first-order chi connectivity index (χ1) is 8.04. The third-order valence-corrected chi connectivity index (χ3v) is 4.01. The zero-order chi connectivity index (χ0) is 12.3. The van der Waals surface area contributed by atoms with Gasteiger partial charge in [0.25, 0.3) is 0 Å². The molecule has 1 aliphatic rings. The molecule has 2 rings (SSSR count). The molecule has 0 fully saturated rings. The molecular weight excluding hydrogens is 277 g/mol. The standard InChI is InChI=1S/C13H17N3Se/c1-13(2,3)14-12-16-15-11(9-17-12)10-7-5-4-6-8-10/h4-8H,9H2,1-3H3,(H,14,16). The Bertz CT molecular complexity index is 443. The zero-order valence-corrected chi connectivity index (χ0v) is 12.1. The van der Waals surface area contributed by atoms with Gasteiger partial charge in [0.1, 0.15) is 0 Å². The van der Waals surface area contributed by atoms with E-state index >= 15 is 0 Å². The van der Waals surface area contributed by atoms with Crippen molar-refractivity contribution in [3.05, 3.63) is 35.9 Å². The molecule has 3 nitrogen and oxygen atoms in total. The van der Waals surface area contributed by atoms with Gasteiger partial charge in [0.2, 0.25) is 0 Å². The number of hydrazone groups is 1. The number of nitrogens with zero attached hydrogens (tertiary/aromatic N) is 2. The maximum atomic E-state index is 4.62. The fourth-order valence-electron chi connectivity index (χ4n) is 1.46. The molecule has 0 atom stereocenters. The van der Waals surface area contributed by atoms with Gasteiger partial charge in [0.15, 0.2) is 0 Å². The summed E-state index contributed by atoms with van der Waals surface area (Å²) in [4.78, 5) is 4.62. The van der Waals surface area contributed by atoms with E-state index in [1.54, 1.807) is 0 Å². The minimum absolute atomic E-state index is 0.0240. The van der Waals surface area contributed by atoms with Crippen LogP contribution in [0.15, 0.2) is 40.4 Å². The molecule has 0 saturated carbocycles. The van der Waals surface area contributed by atoms with Gasteiger partial charge in [-0.25, -0.2) is 0 Å². The summed E-state index contributed by atoms with van der Waals surface area (Å²) in [5.41, 5.74) is 5.41. The van der Waals surface area contributed by atoms with Crippen LogP contribution < -0.4 is 5.43 Å². The first kappa shape index (κ1) is 12.3. The van der Waals surface area contributed by atoms with E-state index in [-0.39, 0.29) is 5.54 Å². The van der Waals surface area contributed by atoms with Crippen LogP contribution in [0.2, 0.25) is 5.32 Å². The number of aliphatic imine (C=N–C) groups is 1. The van der Waals surface area contributed by atoms with E-state index in [0.717, 1.165) is 15.8 Å². The zero-order valence-electron chi connectivity index (χ0n) is 10.4. The van der Waals surface area contributed by atoms with Crippen LogP contribution in [-0.2, 0) is 0 Å². The Kier molecular flexibility index (Phi) is 3.65. The van der Waals surface area contributed by atoms with Gasteiger partial charge in [-0.15, -0.1) is 0 Å². The number of benzene rings is 1. The summed E-state index contributed by atoms with van der Waals surface area (Å²) in [6, 6.07) is 10.3. The third kappa shape index (κ3) is 3.69. The van der Waals surface area contributed by atoms with Gasteiger partial charge in [0, 0.05) is 0 Å². The second-order valence-electron chi connectivity index (χ2n) is 4.91. The molecule has 1 aromatic carbocycles. The molecule has 0 spiro atoms. The van der Waals surface area contributed by atoms with Crippen LogP contribution in [0.1, 0.15) is 26.3 Å². The molecule has 0 saturated heterocycles. The molecular formula is C13H17N3Se. The molecule has 17 heavy (non-hydrogen) atoms. The van der Waals surface area contributed by atoms with E-state index in [2.05, 4.69) is 48.4 Å².